The highest BCUT2D eigenvalue weighted by molar-refractivity contribution is 7.19. The number of thiophene rings is 1. The molecule has 3 unspecified atom stereocenters. The van der Waals surface area contributed by atoms with Gasteiger partial charge in [0.05, 0.1) is 5.39 Å². The van der Waals surface area contributed by atoms with Gasteiger partial charge < -0.3 is 5.32 Å². The summed E-state index contributed by atoms with van der Waals surface area (Å²) in [5, 5.41) is 5.14. The van der Waals surface area contributed by atoms with Gasteiger partial charge in [-0.15, -0.1) is 11.3 Å². The van der Waals surface area contributed by atoms with Gasteiger partial charge in [0.1, 0.15) is 16.5 Å². The van der Waals surface area contributed by atoms with Crippen molar-refractivity contribution in [1.29, 1.82) is 0 Å². The number of anilines is 1. The number of rotatable bonds is 2. The molecular weight excluding hydrogens is 290 g/mol. The SMILES string of the molecule is Cc1nc(NC2CCCC(C)C2C)c2c3c(sc2n1)CCC3. The minimum atomic E-state index is 0.554. The number of nitrogens with zero attached hydrogens (tertiary/aromatic N) is 2. The number of hydrogen-bond donors (Lipinski definition) is 1. The van der Waals surface area contributed by atoms with E-state index < -0.39 is 0 Å². The van der Waals surface area contributed by atoms with Crippen LogP contribution < -0.4 is 5.32 Å². The zero-order valence-electron chi connectivity index (χ0n) is 13.8. The maximum Gasteiger partial charge on any atom is 0.139 e. The lowest BCUT2D eigenvalue weighted by molar-refractivity contribution is 0.253. The number of hydrogen-bond acceptors (Lipinski definition) is 4. The van der Waals surface area contributed by atoms with Crippen molar-refractivity contribution in [3.63, 3.8) is 0 Å². The van der Waals surface area contributed by atoms with Crippen LogP contribution in [-0.2, 0) is 12.8 Å². The molecule has 4 heteroatoms. The Morgan fingerprint density at radius 2 is 1.95 bits per heavy atom. The molecule has 1 saturated carbocycles. The van der Waals surface area contributed by atoms with Crippen LogP contribution in [-0.4, -0.2) is 16.0 Å². The highest BCUT2D eigenvalue weighted by Crippen LogP contribution is 2.40. The summed E-state index contributed by atoms with van der Waals surface area (Å²) in [7, 11) is 0. The van der Waals surface area contributed by atoms with E-state index in [1.165, 1.54) is 54.3 Å². The third-order valence-corrected chi connectivity index (χ3v) is 6.89. The molecule has 0 spiro atoms. The van der Waals surface area contributed by atoms with Gasteiger partial charge in [-0.05, 0) is 50.0 Å². The van der Waals surface area contributed by atoms with Gasteiger partial charge in [-0.2, -0.15) is 0 Å². The van der Waals surface area contributed by atoms with E-state index in [4.69, 9.17) is 9.97 Å². The first kappa shape index (κ1) is 14.4. The molecule has 2 aliphatic carbocycles. The fourth-order valence-corrected chi connectivity index (χ4v) is 5.48. The molecule has 3 atom stereocenters. The fourth-order valence-electron chi connectivity index (χ4n) is 4.17. The minimum Gasteiger partial charge on any atom is -0.366 e. The largest absolute Gasteiger partial charge is 0.366 e. The van der Waals surface area contributed by atoms with Crippen molar-refractivity contribution in [3.8, 4) is 0 Å². The summed E-state index contributed by atoms with van der Waals surface area (Å²) in [5.74, 6) is 3.52. The van der Waals surface area contributed by atoms with Crippen LogP contribution in [0.15, 0.2) is 0 Å². The lowest BCUT2D eigenvalue weighted by atomic mass is 9.78. The molecule has 1 N–H and O–H groups in total. The molecule has 0 aliphatic heterocycles. The molecule has 22 heavy (non-hydrogen) atoms. The molecule has 3 nitrogen and oxygen atoms in total. The molecule has 0 radical (unpaired) electrons. The van der Waals surface area contributed by atoms with Gasteiger partial charge in [0.25, 0.3) is 0 Å². The average molecular weight is 315 g/mol. The molecule has 2 aromatic heterocycles. The topological polar surface area (TPSA) is 37.8 Å². The zero-order valence-corrected chi connectivity index (χ0v) is 14.6. The average Bonchev–Trinajstić information content (AvgIpc) is 3.03. The van der Waals surface area contributed by atoms with Crippen molar-refractivity contribution in [2.24, 2.45) is 11.8 Å². The predicted octanol–water partition coefficient (Wildman–Crippen LogP) is 4.73. The third kappa shape index (κ3) is 2.32. The van der Waals surface area contributed by atoms with Gasteiger partial charge in [0.2, 0.25) is 0 Å². The van der Waals surface area contributed by atoms with Crippen molar-refractivity contribution < 1.29 is 0 Å². The lowest BCUT2D eigenvalue weighted by Crippen LogP contribution is -2.35. The second-order valence-corrected chi connectivity index (χ2v) is 8.26. The summed E-state index contributed by atoms with van der Waals surface area (Å²) in [6, 6.07) is 0.554. The van der Waals surface area contributed by atoms with Gasteiger partial charge in [-0.1, -0.05) is 26.7 Å². The van der Waals surface area contributed by atoms with Gasteiger partial charge in [-0.25, -0.2) is 9.97 Å². The Morgan fingerprint density at radius 1 is 1.09 bits per heavy atom. The number of fused-ring (bicyclic) bond motifs is 3. The first-order valence-electron chi connectivity index (χ1n) is 8.69. The summed E-state index contributed by atoms with van der Waals surface area (Å²) < 4.78 is 0. The van der Waals surface area contributed by atoms with Crippen molar-refractivity contribution in [2.75, 3.05) is 5.32 Å². The van der Waals surface area contributed by atoms with Crippen molar-refractivity contribution in [2.45, 2.75) is 65.3 Å². The van der Waals surface area contributed by atoms with Gasteiger partial charge >= 0.3 is 0 Å². The predicted molar refractivity (Wildman–Crippen MR) is 93.8 cm³/mol. The highest BCUT2D eigenvalue weighted by atomic mass is 32.1. The summed E-state index contributed by atoms with van der Waals surface area (Å²) in [6.07, 6.45) is 7.69. The van der Waals surface area contributed by atoms with E-state index >= 15 is 0 Å². The van der Waals surface area contributed by atoms with Crippen LogP contribution in [0.1, 0.15) is 55.8 Å². The summed E-state index contributed by atoms with van der Waals surface area (Å²) in [6.45, 7) is 6.80. The Kier molecular flexibility index (Phi) is 3.60. The highest BCUT2D eigenvalue weighted by Gasteiger charge is 2.29. The maximum atomic E-state index is 4.79. The Balaban J connectivity index is 1.74. The molecule has 1 fully saturated rings. The van der Waals surface area contributed by atoms with Crippen LogP contribution in [0.5, 0.6) is 0 Å². The lowest BCUT2D eigenvalue weighted by Gasteiger charge is -2.35. The van der Waals surface area contributed by atoms with E-state index in [1.807, 2.05) is 18.3 Å². The van der Waals surface area contributed by atoms with E-state index in [-0.39, 0.29) is 0 Å². The Hall–Kier alpha value is -1.16. The second-order valence-electron chi connectivity index (χ2n) is 7.18. The van der Waals surface area contributed by atoms with Crippen LogP contribution >= 0.6 is 11.3 Å². The van der Waals surface area contributed by atoms with Crippen LogP contribution in [0.4, 0.5) is 5.82 Å². The molecular formula is C18H25N3S. The van der Waals surface area contributed by atoms with Gasteiger partial charge in [0.15, 0.2) is 0 Å². The molecule has 2 aromatic rings. The van der Waals surface area contributed by atoms with E-state index in [0.717, 1.165) is 17.6 Å². The van der Waals surface area contributed by atoms with E-state index in [1.54, 1.807) is 4.88 Å². The van der Waals surface area contributed by atoms with E-state index in [2.05, 4.69) is 19.2 Å². The standard InChI is InChI=1S/C18H25N3S/c1-10-6-4-8-14(11(10)2)21-17-16-13-7-5-9-15(13)22-18(16)20-12(3)19-17/h10-11,14H,4-9H2,1-3H3,(H,19,20,21). The molecule has 2 aliphatic rings. The Morgan fingerprint density at radius 3 is 2.82 bits per heavy atom. The molecule has 0 amide bonds. The smallest absolute Gasteiger partial charge is 0.139 e. The van der Waals surface area contributed by atoms with Gasteiger partial charge in [0, 0.05) is 10.9 Å². The van der Waals surface area contributed by atoms with Crippen molar-refractivity contribution >= 4 is 27.4 Å². The number of aromatic nitrogens is 2. The summed E-state index contributed by atoms with van der Waals surface area (Å²) >= 11 is 1.89. The molecule has 4 rings (SSSR count). The number of nitrogens with one attached hydrogen (secondary N) is 1. The van der Waals surface area contributed by atoms with Crippen molar-refractivity contribution in [1.82, 2.24) is 9.97 Å². The summed E-state index contributed by atoms with van der Waals surface area (Å²) in [5.41, 5.74) is 1.53. The Labute approximate surface area is 136 Å². The van der Waals surface area contributed by atoms with Crippen LogP contribution in [0.2, 0.25) is 0 Å². The van der Waals surface area contributed by atoms with Crippen LogP contribution in [0.3, 0.4) is 0 Å². The third-order valence-electron chi connectivity index (χ3n) is 5.71. The van der Waals surface area contributed by atoms with E-state index in [9.17, 15) is 0 Å². The second kappa shape index (κ2) is 5.48. The Bertz CT molecular complexity index is 706. The quantitative estimate of drug-likeness (QED) is 0.871. The first-order valence-corrected chi connectivity index (χ1v) is 9.50. The summed E-state index contributed by atoms with van der Waals surface area (Å²) in [4.78, 5) is 12.2. The fraction of sp³-hybridized carbons (Fsp3) is 0.667. The maximum absolute atomic E-state index is 4.79. The minimum absolute atomic E-state index is 0.554. The molecule has 0 bridgehead atoms. The molecule has 0 aromatic carbocycles. The number of aryl methyl sites for hydroxylation is 3. The van der Waals surface area contributed by atoms with Gasteiger partial charge in [-0.3, -0.25) is 0 Å². The molecule has 118 valence electrons. The van der Waals surface area contributed by atoms with Crippen LogP contribution in [0.25, 0.3) is 10.2 Å². The molecule has 2 heterocycles. The normalized spacial score (nSPS) is 28.0. The van der Waals surface area contributed by atoms with Crippen LogP contribution in [0, 0.1) is 18.8 Å². The van der Waals surface area contributed by atoms with E-state index in [0.29, 0.717) is 12.0 Å². The first-order chi connectivity index (χ1) is 10.6. The van der Waals surface area contributed by atoms with Crippen molar-refractivity contribution in [3.05, 3.63) is 16.3 Å². The monoisotopic (exact) mass is 315 g/mol. The zero-order chi connectivity index (χ0) is 15.3. The molecule has 0 saturated heterocycles.